The number of hydroxylamine groups is 2. The molecule has 0 saturated carbocycles. The average molecular weight is 637 g/mol. The quantitative estimate of drug-likeness (QED) is 0.277. The third-order valence-corrected chi connectivity index (χ3v) is 14.4. The summed E-state index contributed by atoms with van der Waals surface area (Å²) in [6.07, 6.45) is 1.14. The van der Waals surface area contributed by atoms with Gasteiger partial charge in [-0.1, -0.05) is 27.7 Å². The maximum Gasteiger partial charge on any atom is 0.338 e. The molecule has 0 saturated heterocycles. The van der Waals surface area contributed by atoms with Crippen molar-refractivity contribution in [2.24, 2.45) is 10.9 Å². The molecule has 0 fully saturated rings. The van der Waals surface area contributed by atoms with Gasteiger partial charge in [0.25, 0.3) is 8.32 Å². The maximum atomic E-state index is 13.6. The summed E-state index contributed by atoms with van der Waals surface area (Å²) in [5.41, 5.74) is 1.99. The lowest BCUT2D eigenvalue weighted by molar-refractivity contribution is -0.121. The second kappa shape index (κ2) is 14.7. The number of rotatable bonds is 8. The van der Waals surface area contributed by atoms with Crippen molar-refractivity contribution in [3.8, 4) is 11.5 Å². The van der Waals surface area contributed by atoms with Crippen LogP contribution in [0.5, 0.6) is 11.5 Å². The lowest BCUT2D eigenvalue weighted by Crippen LogP contribution is -2.48. The lowest BCUT2D eigenvalue weighted by Gasteiger charge is -2.43. The van der Waals surface area contributed by atoms with Crippen LogP contribution < -0.4 is 19.8 Å². The van der Waals surface area contributed by atoms with Gasteiger partial charge in [-0.25, -0.2) is 9.79 Å². The summed E-state index contributed by atoms with van der Waals surface area (Å²) >= 11 is 1.59. The highest BCUT2D eigenvalue weighted by Gasteiger charge is 2.45. The zero-order valence-electron chi connectivity index (χ0n) is 27.9. The Labute approximate surface area is 263 Å². The standard InChI is InChI=1S/C31H52N4O6SSi/c1-19(2)31(6,7)43(10,11)41-25-16-24(38-9)21(5)27-22(25)17-42-18-23(28-34-30(32-20(3)4)35(8)40-28)33-26(36)14-12-13-15-39-29(27)37/h16,19-20,23,30,32H,12-15,17-18H2,1-11H3,(H,33,36)/t23-,30?/m0/s1. The normalized spacial score (nSPS) is 21.5. The number of carbonyl (C=O) groups is 2. The summed E-state index contributed by atoms with van der Waals surface area (Å²) < 4.78 is 18.4. The van der Waals surface area contributed by atoms with Crippen LogP contribution in [0.25, 0.3) is 0 Å². The first-order valence-electron chi connectivity index (χ1n) is 15.3. The molecule has 3 rings (SSSR count). The van der Waals surface area contributed by atoms with Crippen molar-refractivity contribution in [3.05, 3.63) is 22.8 Å². The topological polar surface area (TPSA) is 111 Å². The second-order valence-corrected chi connectivity index (χ2v) is 18.6. The highest BCUT2D eigenvalue weighted by molar-refractivity contribution is 7.98. The van der Waals surface area contributed by atoms with Gasteiger partial charge >= 0.3 is 5.97 Å². The molecule has 1 unspecified atom stereocenters. The fraction of sp³-hybridized carbons (Fsp3) is 0.710. The minimum atomic E-state index is -2.35. The van der Waals surface area contributed by atoms with E-state index in [9.17, 15) is 9.59 Å². The third kappa shape index (κ3) is 8.46. The molecule has 2 atom stereocenters. The molecule has 2 aliphatic heterocycles. The fourth-order valence-electron chi connectivity index (χ4n) is 4.97. The smallest absolute Gasteiger partial charge is 0.338 e. The van der Waals surface area contributed by atoms with Crippen LogP contribution in [0.4, 0.5) is 0 Å². The first-order chi connectivity index (χ1) is 20.1. The van der Waals surface area contributed by atoms with E-state index < -0.39 is 20.3 Å². The molecule has 1 amide bonds. The first kappa shape index (κ1) is 35.2. The van der Waals surface area contributed by atoms with Gasteiger partial charge in [-0.2, -0.15) is 11.8 Å². The van der Waals surface area contributed by atoms with Crippen molar-refractivity contribution in [1.82, 2.24) is 15.7 Å². The Bertz CT molecular complexity index is 1190. The van der Waals surface area contributed by atoms with Crippen LogP contribution in [-0.2, 0) is 20.1 Å². The summed E-state index contributed by atoms with van der Waals surface area (Å²) in [7, 11) is 1.08. The van der Waals surface area contributed by atoms with Crippen LogP contribution in [0.15, 0.2) is 11.1 Å². The number of aliphatic imine (C=N–C) groups is 1. The zero-order chi connectivity index (χ0) is 32.1. The van der Waals surface area contributed by atoms with E-state index in [4.69, 9.17) is 23.7 Å². The van der Waals surface area contributed by atoms with Gasteiger partial charge < -0.3 is 24.1 Å². The van der Waals surface area contributed by atoms with E-state index in [1.165, 1.54) is 0 Å². The van der Waals surface area contributed by atoms with Crippen molar-refractivity contribution in [2.45, 2.75) is 110 Å². The number of amides is 1. The van der Waals surface area contributed by atoms with E-state index in [0.717, 1.165) is 11.1 Å². The van der Waals surface area contributed by atoms with E-state index in [1.807, 2.05) is 33.9 Å². The van der Waals surface area contributed by atoms with Gasteiger partial charge in [-0.05, 0) is 57.7 Å². The Morgan fingerprint density at radius 1 is 1.19 bits per heavy atom. The molecule has 2 N–H and O–H groups in total. The van der Waals surface area contributed by atoms with Crippen molar-refractivity contribution >= 4 is 37.9 Å². The highest BCUT2D eigenvalue weighted by Crippen LogP contribution is 2.47. The van der Waals surface area contributed by atoms with Crippen molar-refractivity contribution in [3.63, 3.8) is 0 Å². The van der Waals surface area contributed by atoms with E-state index in [1.54, 1.807) is 23.9 Å². The molecule has 10 nitrogen and oxygen atoms in total. The summed E-state index contributed by atoms with van der Waals surface area (Å²) in [6, 6.07) is 1.68. The Balaban J connectivity index is 2.04. The van der Waals surface area contributed by atoms with E-state index in [-0.39, 0.29) is 29.9 Å². The number of esters is 1. The van der Waals surface area contributed by atoms with Crippen LogP contribution in [0.1, 0.15) is 82.3 Å². The molecule has 12 heteroatoms. The molecule has 0 aliphatic carbocycles. The van der Waals surface area contributed by atoms with E-state index in [0.29, 0.717) is 59.6 Å². The molecule has 242 valence electrons. The number of benzene rings is 1. The van der Waals surface area contributed by atoms with Crippen LogP contribution in [-0.4, -0.2) is 76.0 Å². The summed E-state index contributed by atoms with van der Waals surface area (Å²) in [6.45, 7) is 19.6. The van der Waals surface area contributed by atoms with Gasteiger partial charge in [-0.3, -0.25) is 10.1 Å². The number of thioether (sulfide) groups is 1. The monoisotopic (exact) mass is 636 g/mol. The second-order valence-electron chi connectivity index (χ2n) is 13.1. The number of hydrogen-bond donors (Lipinski definition) is 2. The molecule has 1 aromatic rings. The number of methoxy groups -OCH3 is 1. The predicted molar refractivity (Wildman–Crippen MR) is 175 cm³/mol. The molecule has 2 heterocycles. The number of hydrogen-bond acceptors (Lipinski definition) is 10. The van der Waals surface area contributed by atoms with Gasteiger partial charge in [0, 0.05) is 48.2 Å². The van der Waals surface area contributed by atoms with Crippen LogP contribution >= 0.6 is 11.8 Å². The Hall–Kier alpha value is -2.28. The van der Waals surface area contributed by atoms with Crippen molar-refractivity contribution < 1.29 is 28.3 Å². The zero-order valence-corrected chi connectivity index (χ0v) is 29.7. The minimum Gasteiger partial charge on any atom is -0.543 e. The summed E-state index contributed by atoms with van der Waals surface area (Å²) in [5.74, 6) is 2.57. The number of nitrogens with zero attached hydrogens (tertiary/aromatic N) is 2. The van der Waals surface area contributed by atoms with Gasteiger partial charge in [-0.15, -0.1) is 5.06 Å². The van der Waals surface area contributed by atoms with Crippen LogP contribution in [0.2, 0.25) is 18.1 Å². The van der Waals surface area contributed by atoms with Crippen LogP contribution in [0, 0.1) is 12.8 Å². The SMILES string of the molecule is COc1cc(O[Si](C)(C)C(C)(C)C(C)C)c2c(c1C)C(=O)OCCCCC(=O)N[C@H](C1=NC(NC(C)C)N(C)O1)CSC2. The lowest BCUT2D eigenvalue weighted by atomic mass is 9.99. The average Bonchev–Trinajstić information content (AvgIpc) is 3.27. The molecule has 0 aromatic heterocycles. The number of cyclic esters (lactones) is 1. The van der Waals surface area contributed by atoms with Gasteiger partial charge in [0.2, 0.25) is 11.8 Å². The molecule has 0 bridgehead atoms. The molecule has 1 aromatic carbocycles. The summed E-state index contributed by atoms with van der Waals surface area (Å²) in [5, 5.41) is 8.10. The maximum absolute atomic E-state index is 13.6. The van der Waals surface area contributed by atoms with Crippen molar-refractivity contribution in [2.75, 3.05) is 26.5 Å². The van der Waals surface area contributed by atoms with E-state index >= 15 is 0 Å². The van der Waals surface area contributed by atoms with Gasteiger partial charge in [0.15, 0.2) is 6.29 Å². The highest BCUT2D eigenvalue weighted by atomic mass is 32.2. The number of nitrogens with one attached hydrogen (secondary N) is 2. The molecule has 43 heavy (non-hydrogen) atoms. The fourth-order valence-corrected chi connectivity index (χ4v) is 8.43. The number of carbonyl (C=O) groups excluding carboxylic acids is 2. The van der Waals surface area contributed by atoms with Crippen LogP contribution in [0.3, 0.4) is 0 Å². The predicted octanol–water partition coefficient (Wildman–Crippen LogP) is 5.64. The molecular formula is C31H52N4O6SSi. The largest absolute Gasteiger partial charge is 0.543 e. The Kier molecular flexibility index (Phi) is 12.0. The van der Waals surface area contributed by atoms with Gasteiger partial charge in [0.05, 0.1) is 19.3 Å². The molecule has 0 radical (unpaired) electrons. The van der Waals surface area contributed by atoms with Crippen molar-refractivity contribution in [1.29, 1.82) is 0 Å². The number of ether oxygens (including phenoxy) is 2. The molecule has 2 aliphatic rings. The summed E-state index contributed by atoms with van der Waals surface area (Å²) in [4.78, 5) is 37.3. The van der Waals surface area contributed by atoms with Gasteiger partial charge in [0.1, 0.15) is 17.5 Å². The Morgan fingerprint density at radius 2 is 1.88 bits per heavy atom. The Morgan fingerprint density at radius 3 is 2.51 bits per heavy atom. The molecule has 0 spiro atoms. The third-order valence-electron chi connectivity index (χ3n) is 8.90. The van der Waals surface area contributed by atoms with E-state index in [2.05, 4.69) is 51.4 Å². The molecular weight excluding hydrogens is 585 g/mol. The minimum absolute atomic E-state index is 0.0485. The first-order valence-corrected chi connectivity index (χ1v) is 19.3. The number of fused-ring (bicyclic) bond motifs is 1.